The molecular formula is C19H18ClF3O2. The van der Waals surface area contributed by atoms with E-state index in [9.17, 15) is 13.2 Å². The maximum Gasteiger partial charge on any atom is 0.201 e. The molecule has 134 valence electrons. The SMILES string of the molecule is C=CCOc1ccc(-c2ccc(OCCCC)c(F)c2F)c(F)c1Cl. The second kappa shape index (κ2) is 8.81. The number of hydrogen-bond donors (Lipinski definition) is 0. The van der Waals surface area contributed by atoms with Gasteiger partial charge < -0.3 is 9.47 Å². The molecule has 2 nitrogen and oxygen atoms in total. The molecule has 0 fully saturated rings. The van der Waals surface area contributed by atoms with Crippen molar-refractivity contribution in [3.05, 3.63) is 59.4 Å². The zero-order valence-corrected chi connectivity index (χ0v) is 14.5. The minimum Gasteiger partial charge on any atom is -0.490 e. The van der Waals surface area contributed by atoms with Crippen molar-refractivity contribution in [3.63, 3.8) is 0 Å². The van der Waals surface area contributed by atoms with E-state index in [0.717, 1.165) is 12.8 Å². The van der Waals surface area contributed by atoms with Crippen LogP contribution in [-0.2, 0) is 0 Å². The van der Waals surface area contributed by atoms with Gasteiger partial charge in [0.1, 0.15) is 17.4 Å². The summed E-state index contributed by atoms with van der Waals surface area (Å²) in [5.74, 6) is -3.34. The predicted molar refractivity (Wildman–Crippen MR) is 92.9 cm³/mol. The van der Waals surface area contributed by atoms with Crippen LogP contribution in [0.4, 0.5) is 13.2 Å². The lowest BCUT2D eigenvalue weighted by Crippen LogP contribution is -2.02. The van der Waals surface area contributed by atoms with Gasteiger partial charge in [0.25, 0.3) is 0 Å². The highest BCUT2D eigenvalue weighted by Gasteiger charge is 2.21. The minimum atomic E-state index is -1.19. The van der Waals surface area contributed by atoms with Gasteiger partial charge in [-0.2, -0.15) is 4.39 Å². The molecule has 0 aliphatic heterocycles. The molecule has 0 aromatic heterocycles. The fraction of sp³-hybridized carbons (Fsp3) is 0.263. The molecule has 6 heteroatoms. The first-order chi connectivity index (χ1) is 12.0. The molecular weight excluding hydrogens is 353 g/mol. The van der Waals surface area contributed by atoms with Crippen molar-refractivity contribution in [3.8, 4) is 22.6 Å². The van der Waals surface area contributed by atoms with E-state index in [2.05, 4.69) is 6.58 Å². The van der Waals surface area contributed by atoms with Gasteiger partial charge in [-0.1, -0.05) is 37.6 Å². The highest BCUT2D eigenvalue weighted by atomic mass is 35.5. The molecule has 0 radical (unpaired) electrons. The smallest absolute Gasteiger partial charge is 0.201 e. The van der Waals surface area contributed by atoms with E-state index in [1.54, 1.807) is 0 Å². The van der Waals surface area contributed by atoms with E-state index in [1.165, 1.54) is 30.3 Å². The van der Waals surface area contributed by atoms with Gasteiger partial charge >= 0.3 is 0 Å². The molecule has 25 heavy (non-hydrogen) atoms. The molecule has 0 atom stereocenters. The Kier molecular flexibility index (Phi) is 6.76. The van der Waals surface area contributed by atoms with Gasteiger partial charge in [-0.05, 0) is 30.7 Å². The quantitative estimate of drug-likeness (QED) is 0.408. The fourth-order valence-corrected chi connectivity index (χ4v) is 2.40. The number of rotatable bonds is 8. The number of halogens is 4. The van der Waals surface area contributed by atoms with Gasteiger partial charge in [0.15, 0.2) is 17.4 Å². The van der Waals surface area contributed by atoms with Crippen LogP contribution in [-0.4, -0.2) is 13.2 Å². The minimum absolute atomic E-state index is 0.100. The van der Waals surface area contributed by atoms with Crippen molar-refractivity contribution < 1.29 is 22.6 Å². The summed E-state index contributed by atoms with van der Waals surface area (Å²) in [5, 5.41) is -0.303. The molecule has 0 heterocycles. The Hall–Kier alpha value is -2.14. The summed E-state index contributed by atoms with van der Waals surface area (Å²) >= 11 is 5.92. The van der Waals surface area contributed by atoms with E-state index in [1.807, 2.05) is 6.92 Å². The number of hydrogen-bond acceptors (Lipinski definition) is 2. The number of benzene rings is 2. The summed E-state index contributed by atoms with van der Waals surface area (Å²) in [6, 6.07) is 5.22. The van der Waals surface area contributed by atoms with E-state index in [4.69, 9.17) is 21.1 Å². The van der Waals surface area contributed by atoms with Gasteiger partial charge in [0, 0.05) is 11.1 Å². The van der Waals surface area contributed by atoms with E-state index >= 15 is 0 Å². The average Bonchev–Trinajstić information content (AvgIpc) is 2.61. The topological polar surface area (TPSA) is 18.5 Å². The number of unbranched alkanes of at least 4 members (excludes halogenated alkanes) is 1. The first kappa shape index (κ1) is 19.2. The standard InChI is InChI=1S/C19H18ClF3O2/c1-3-5-11-25-15-9-7-13(18(22)19(15)23)12-6-8-14(24-10-4-2)16(20)17(12)21/h4,6-9H,2-3,5,10-11H2,1H3. The fourth-order valence-electron chi connectivity index (χ4n) is 2.18. The maximum absolute atomic E-state index is 14.5. The normalized spacial score (nSPS) is 10.6. The van der Waals surface area contributed by atoms with Crippen molar-refractivity contribution in [2.24, 2.45) is 0 Å². The van der Waals surface area contributed by atoms with Crippen LogP contribution in [0, 0.1) is 17.5 Å². The van der Waals surface area contributed by atoms with Gasteiger partial charge in [-0.3, -0.25) is 0 Å². The first-order valence-electron chi connectivity index (χ1n) is 7.84. The summed E-state index contributed by atoms with van der Waals surface area (Å²) in [5.41, 5.74) is -0.400. The van der Waals surface area contributed by atoms with Crippen LogP contribution in [0.5, 0.6) is 11.5 Å². The summed E-state index contributed by atoms with van der Waals surface area (Å²) < 4.78 is 53.4. The van der Waals surface area contributed by atoms with Crippen LogP contribution in [0.3, 0.4) is 0 Å². The van der Waals surface area contributed by atoms with E-state index in [-0.39, 0.29) is 40.9 Å². The monoisotopic (exact) mass is 370 g/mol. The second-order valence-corrected chi connectivity index (χ2v) is 5.66. The molecule has 0 spiro atoms. The third-order valence-corrected chi connectivity index (χ3v) is 3.85. The van der Waals surface area contributed by atoms with E-state index in [0.29, 0.717) is 0 Å². The molecule has 2 rings (SSSR count). The summed E-state index contributed by atoms with van der Waals surface area (Å²) in [6.07, 6.45) is 3.07. The van der Waals surface area contributed by atoms with Crippen molar-refractivity contribution in [2.75, 3.05) is 13.2 Å². The third kappa shape index (κ3) is 4.28. The number of ether oxygens (including phenoxy) is 2. The van der Waals surface area contributed by atoms with Crippen LogP contribution < -0.4 is 9.47 Å². The van der Waals surface area contributed by atoms with Crippen molar-refractivity contribution in [1.82, 2.24) is 0 Å². The summed E-state index contributed by atoms with van der Waals surface area (Å²) in [4.78, 5) is 0. The molecule has 0 amide bonds. The van der Waals surface area contributed by atoms with Crippen LogP contribution in [0.2, 0.25) is 5.02 Å². The molecule has 0 N–H and O–H groups in total. The molecule has 0 saturated carbocycles. The molecule has 0 bridgehead atoms. The van der Waals surface area contributed by atoms with Crippen molar-refractivity contribution in [1.29, 1.82) is 0 Å². The lowest BCUT2D eigenvalue weighted by atomic mass is 10.0. The Bertz CT molecular complexity index is 763. The van der Waals surface area contributed by atoms with Crippen LogP contribution in [0.15, 0.2) is 36.9 Å². The second-order valence-electron chi connectivity index (χ2n) is 5.28. The molecule has 0 saturated heterocycles. The maximum atomic E-state index is 14.5. The molecule has 2 aromatic rings. The zero-order chi connectivity index (χ0) is 18.4. The van der Waals surface area contributed by atoms with Gasteiger partial charge in [0.2, 0.25) is 5.82 Å². The largest absolute Gasteiger partial charge is 0.490 e. The van der Waals surface area contributed by atoms with Gasteiger partial charge in [-0.25, -0.2) is 8.78 Å². The summed E-state index contributed by atoms with van der Waals surface area (Å²) in [7, 11) is 0. The molecule has 0 aliphatic carbocycles. The third-order valence-electron chi connectivity index (χ3n) is 3.50. The molecule has 2 aromatic carbocycles. The lowest BCUT2D eigenvalue weighted by molar-refractivity contribution is 0.289. The molecule has 0 aliphatic rings. The van der Waals surface area contributed by atoms with Crippen LogP contribution in [0.1, 0.15) is 19.8 Å². The average molecular weight is 371 g/mol. The van der Waals surface area contributed by atoms with Crippen molar-refractivity contribution >= 4 is 11.6 Å². The predicted octanol–water partition coefficient (Wildman–Crippen LogP) is 6.17. The van der Waals surface area contributed by atoms with Crippen LogP contribution in [0.25, 0.3) is 11.1 Å². The van der Waals surface area contributed by atoms with Crippen molar-refractivity contribution in [2.45, 2.75) is 19.8 Å². The van der Waals surface area contributed by atoms with Gasteiger partial charge in [-0.15, -0.1) is 0 Å². The van der Waals surface area contributed by atoms with Crippen LogP contribution >= 0.6 is 11.6 Å². The highest BCUT2D eigenvalue weighted by molar-refractivity contribution is 6.32. The zero-order valence-electron chi connectivity index (χ0n) is 13.8. The Morgan fingerprint density at radius 2 is 1.60 bits per heavy atom. The highest BCUT2D eigenvalue weighted by Crippen LogP contribution is 2.37. The van der Waals surface area contributed by atoms with E-state index < -0.39 is 17.5 Å². The Morgan fingerprint density at radius 3 is 2.24 bits per heavy atom. The molecule has 0 unspecified atom stereocenters. The Balaban J connectivity index is 2.37. The summed E-state index contributed by atoms with van der Waals surface area (Å²) in [6.45, 7) is 5.86. The first-order valence-corrected chi connectivity index (χ1v) is 8.21. The van der Waals surface area contributed by atoms with Gasteiger partial charge in [0.05, 0.1) is 6.61 Å². The Labute approximate surface area is 149 Å². The lowest BCUT2D eigenvalue weighted by Gasteiger charge is -2.13. The Morgan fingerprint density at radius 1 is 0.960 bits per heavy atom.